The largest absolute Gasteiger partial charge is 0.462 e. The van der Waals surface area contributed by atoms with Gasteiger partial charge in [0, 0.05) is 19.4 Å². The van der Waals surface area contributed by atoms with Gasteiger partial charge in [0.05, 0.1) is 6.61 Å². The minimum Gasteiger partial charge on any atom is -0.462 e. The molecule has 70 heavy (non-hydrogen) atoms. The average Bonchev–Trinajstić information content (AvgIpc) is 3.36. The smallest absolute Gasteiger partial charge is 0.306 e. The van der Waals surface area contributed by atoms with Crippen molar-refractivity contribution in [3.63, 3.8) is 0 Å². The number of carbonyl (C=O) groups excluding carboxylic acids is 2. The zero-order chi connectivity index (χ0) is 50.6. The van der Waals surface area contributed by atoms with Crippen molar-refractivity contribution < 1.29 is 23.8 Å². The first-order valence-electron chi connectivity index (χ1n) is 30.1. The Labute approximate surface area is 435 Å². The molecule has 0 saturated heterocycles. The van der Waals surface area contributed by atoms with Gasteiger partial charge in [0.15, 0.2) is 6.10 Å². The average molecular weight is 976 g/mol. The van der Waals surface area contributed by atoms with E-state index in [4.69, 9.17) is 14.2 Å². The molecule has 1 unspecified atom stereocenters. The van der Waals surface area contributed by atoms with Crippen LogP contribution in [0.15, 0.2) is 85.1 Å². The van der Waals surface area contributed by atoms with Crippen LogP contribution in [0.4, 0.5) is 0 Å². The van der Waals surface area contributed by atoms with E-state index in [-0.39, 0.29) is 25.2 Å². The van der Waals surface area contributed by atoms with Gasteiger partial charge in [0.1, 0.15) is 6.61 Å². The summed E-state index contributed by atoms with van der Waals surface area (Å²) in [7, 11) is 0. The normalized spacial score (nSPS) is 12.8. The van der Waals surface area contributed by atoms with Gasteiger partial charge in [0.2, 0.25) is 0 Å². The van der Waals surface area contributed by atoms with Crippen LogP contribution in [0.25, 0.3) is 0 Å². The lowest BCUT2D eigenvalue weighted by molar-refractivity contribution is -0.163. The molecule has 0 aliphatic heterocycles. The van der Waals surface area contributed by atoms with Crippen molar-refractivity contribution in [1.82, 2.24) is 0 Å². The Morgan fingerprint density at radius 3 is 1.07 bits per heavy atom. The molecule has 5 heteroatoms. The standard InChI is InChI=1S/C65H114O5/c1-4-7-10-13-16-19-22-25-28-31-33-35-37-40-43-46-49-52-55-58-64(66)69-62-63(61-68-60-57-54-51-48-45-42-39-30-27-24-21-18-15-12-9-6-3)70-65(67)59-56-53-50-47-44-41-38-36-34-32-29-26-23-20-17-14-11-8-5-2/h7,10,16,18-19,21,25-30,33,35,63H,4-6,8-9,11-15,17,20,22-24,31-32,34,36-62H2,1-3H3/b10-7-,19-16-,21-18-,28-25-,29-26-,30-27-,35-33-. The fourth-order valence-electron chi connectivity index (χ4n) is 8.41. The molecule has 404 valence electrons. The van der Waals surface area contributed by atoms with E-state index in [9.17, 15) is 9.59 Å². The first-order valence-corrected chi connectivity index (χ1v) is 30.1. The van der Waals surface area contributed by atoms with Crippen LogP contribution in [0.5, 0.6) is 0 Å². The first-order chi connectivity index (χ1) is 34.6. The molecular formula is C65H114O5. The van der Waals surface area contributed by atoms with Crippen LogP contribution < -0.4 is 0 Å². The summed E-state index contributed by atoms with van der Waals surface area (Å²) in [6.07, 6.45) is 80.3. The zero-order valence-corrected chi connectivity index (χ0v) is 46.5. The second-order valence-corrected chi connectivity index (χ2v) is 19.9. The molecule has 0 N–H and O–H groups in total. The third kappa shape index (κ3) is 57.7. The summed E-state index contributed by atoms with van der Waals surface area (Å²) in [6.45, 7) is 7.68. The molecule has 0 aromatic carbocycles. The lowest BCUT2D eigenvalue weighted by Gasteiger charge is -2.18. The summed E-state index contributed by atoms with van der Waals surface area (Å²) in [6, 6.07) is 0. The zero-order valence-electron chi connectivity index (χ0n) is 46.5. The maximum absolute atomic E-state index is 12.9. The molecule has 0 amide bonds. The minimum atomic E-state index is -0.554. The van der Waals surface area contributed by atoms with E-state index in [1.54, 1.807) is 0 Å². The maximum atomic E-state index is 12.9. The minimum absolute atomic E-state index is 0.0705. The van der Waals surface area contributed by atoms with E-state index in [1.165, 1.54) is 173 Å². The number of unbranched alkanes of at least 4 members (excludes halogenated alkanes) is 30. The summed E-state index contributed by atoms with van der Waals surface area (Å²) in [5, 5.41) is 0. The van der Waals surface area contributed by atoms with E-state index in [0.29, 0.717) is 19.4 Å². The first kappa shape index (κ1) is 67.1. The number of allylic oxidation sites excluding steroid dienone is 14. The second kappa shape index (κ2) is 60.4. The maximum Gasteiger partial charge on any atom is 0.306 e. The molecule has 0 fully saturated rings. The number of hydrogen-bond donors (Lipinski definition) is 0. The quantitative estimate of drug-likeness (QED) is 0.0345. The molecule has 0 radical (unpaired) electrons. The number of rotatable bonds is 55. The molecule has 0 spiro atoms. The van der Waals surface area contributed by atoms with Gasteiger partial charge in [-0.05, 0) is 116 Å². The van der Waals surface area contributed by atoms with Crippen molar-refractivity contribution in [2.24, 2.45) is 0 Å². The highest BCUT2D eigenvalue weighted by Crippen LogP contribution is 2.15. The van der Waals surface area contributed by atoms with Crippen molar-refractivity contribution in [2.45, 2.75) is 297 Å². The Kier molecular flexibility index (Phi) is 57.9. The lowest BCUT2D eigenvalue weighted by Crippen LogP contribution is -2.30. The van der Waals surface area contributed by atoms with Crippen LogP contribution in [0.3, 0.4) is 0 Å². The molecule has 0 bridgehead atoms. The van der Waals surface area contributed by atoms with Crippen LogP contribution in [0.2, 0.25) is 0 Å². The van der Waals surface area contributed by atoms with Gasteiger partial charge in [-0.3, -0.25) is 9.59 Å². The predicted octanol–water partition coefficient (Wildman–Crippen LogP) is 20.8. The molecular weight excluding hydrogens is 861 g/mol. The second-order valence-electron chi connectivity index (χ2n) is 19.9. The van der Waals surface area contributed by atoms with Gasteiger partial charge >= 0.3 is 11.9 Å². The van der Waals surface area contributed by atoms with Crippen LogP contribution in [0, 0.1) is 0 Å². The molecule has 0 aliphatic carbocycles. The van der Waals surface area contributed by atoms with E-state index in [2.05, 4.69) is 106 Å². The Hall–Kier alpha value is -2.92. The highest BCUT2D eigenvalue weighted by Gasteiger charge is 2.17. The third-order valence-corrected chi connectivity index (χ3v) is 12.9. The van der Waals surface area contributed by atoms with Gasteiger partial charge in [0.25, 0.3) is 0 Å². The molecule has 0 heterocycles. The van der Waals surface area contributed by atoms with Gasteiger partial charge in [-0.1, -0.05) is 247 Å². The number of ether oxygens (including phenoxy) is 3. The SMILES string of the molecule is CC/C=C\C/C=C\C/C=C\C/C=C\CCCCCCCCC(=O)OCC(COCCCCCCCC/C=C\C/C=C\CCCCC)OC(=O)CCCCCCCCCCC/C=C\CCCCCCCC. The highest BCUT2D eigenvalue weighted by molar-refractivity contribution is 5.70. The van der Waals surface area contributed by atoms with Gasteiger partial charge in [-0.2, -0.15) is 0 Å². The van der Waals surface area contributed by atoms with Crippen LogP contribution in [-0.2, 0) is 23.8 Å². The van der Waals surface area contributed by atoms with Gasteiger partial charge in [-0.15, -0.1) is 0 Å². The third-order valence-electron chi connectivity index (χ3n) is 12.9. The fourth-order valence-corrected chi connectivity index (χ4v) is 8.41. The summed E-state index contributed by atoms with van der Waals surface area (Å²) in [4.78, 5) is 25.6. The van der Waals surface area contributed by atoms with Crippen LogP contribution in [0.1, 0.15) is 290 Å². The summed E-state index contributed by atoms with van der Waals surface area (Å²) in [5.74, 6) is -0.414. The summed E-state index contributed by atoms with van der Waals surface area (Å²) in [5.41, 5.74) is 0. The van der Waals surface area contributed by atoms with E-state index in [0.717, 1.165) is 83.5 Å². The number of hydrogen-bond acceptors (Lipinski definition) is 5. The molecule has 1 atom stereocenters. The highest BCUT2D eigenvalue weighted by atomic mass is 16.6. The van der Waals surface area contributed by atoms with Crippen molar-refractivity contribution in [3.8, 4) is 0 Å². The van der Waals surface area contributed by atoms with Crippen molar-refractivity contribution >= 4 is 11.9 Å². The number of esters is 2. The summed E-state index contributed by atoms with van der Waals surface area (Å²) >= 11 is 0. The molecule has 0 aliphatic rings. The Morgan fingerprint density at radius 1 is 0.329 bits per heavy atom. The van der Waals surface area contributed by atoms with Crippen molar-refractivity contribution in [1.29, 1.82) is 0 Å². The van der Waals surface area contributed by atoms with Gasteiger partial charge < -0.3 is 14.2 Å². The Morgan fingerprint density at radius 2 is 0.643 bits per heavy atom. The van der Waals surface area contributed by atoms with E-state index < -0.39 is 6.10 Å². The Bertz CT molecular complexity index is 1290. The lowest BCUT2D eigenvalue weighted by atomic mass is 10.1. The van der Waals surface area contributed by atoms with E-state index in [1.807, 2.05) is 0 Å². The van der Waals surface area contributed by atoms with Crippen LogP contribution >= 0.6 is 0 Å². The predicted molar refractivity (Wildman–Crippen MR) is 307 cm³/mol. The molecule has 0 rings (SSSR count). The molecule has 0 saturated carbocycles. The monoisotopic (exact) mass is 975 g/mol. The topological polar surface area (TPSA) is 61.8 Å². The molecule has 0 aromatic heterocycles. The van der Waals surface area contributed by atoms with Crippen molar-refractivity contribution in [2.75, 3.05) is 19.8 Å². The van der Waals surface area contributed by atoms with E-state index >= 15 is 0 Å². The van der Waals surface area contributed by atoms with Crippen LogP contribution in [-0.4, -0.2) is 37.9 Å². The summed E-state index contributed by atoms with van der Waals surface area (Å²) < 4.78 is 17.5. The molecule has 5 nitrogen and oxygen atoms in total. The fraction of sp³-hybridized carbons (Fsp3) is 0.754. The Balaban J connectivity index is 4.32. The molecule has 0 aromatic rings. The van der Waals surface area contributed by atoms with Gasteiger partial charge in [-0.25, -0.2) is 0 Å². The number of carbonyl (C=O) groups is 2. The van der Waals surface area contributed by atoms with Crippen molar-refractivity contribution in [3.05, 3.63) is 85.1 Å².